The molecule has 0 spiro atoms. The monoisotopic (exact) mass is 322 g/mol. The Morgan fingerprint density at radius 1 is 1.12 bits per heavy atom. The third-order valence-electron chi connectivity index (χ3n) is 4.21. The minimum atomic E-state index is 0.0611. The Morgan fingerprint density at radius 3 is 2.83 bits per heavy atom. The maximum absolute atomic E-state index is 12.1. The Balaban J connectivity index is 1.52. The molecule has 0 aliphatic rings. The van der Waals surface area contributed by atoms with Crippen molar-refractivity contribution >= 4 is 16.8 Å². The number of methoxy groups -OCH3 is 1. The van der Waals surface area contributed by atoms with Gasteiger partial charge in [-0.15, -0.1) is 0 Å². The van der Waals surface area contributed by atoms with Crippen molar-refractivity contribution < 1.29 is 9.53 Å². The second kappa shape index (κ2) is 7.21. The highest BCUT2D eigenvalue weighted by Gasteiger charge is 2.05. The Morgan fingerprint density at radius 2 is 2.00 bits per heavy atom. The van der Waals surface area contributed by atoms with Crippen LogP contribution < -0.4 is 10.1 Å². The lowest BCUT2D eigenvalue weighted by Crippen LogP contribution is -2.22. The van der Waals surface area contributed by atoms with Crippen LogP contribution in [0.1, 0.15) is 17.5 Å². The van der Waals surface area contributed by atoms with Gasteiger partial charge in [0.25, 0.3) is 0 Å². The molecule has 124 valence electrons. The number of hydrogen-bond donors (Lipinski definition) is 1. The zero-order valence-corrected chi connectivity index (χ0v) is 14.1. The number of amides is 1. The number of aryl methyl sites for hydroxylation is 2. The van der Waals surface area contributed by atoms with Crippen LogP contribution in [-0.4, -0.2) is 17.6 Å². The van der Waals surface area contributed by atoms with E-state index in [2.05, 4.69) is 40.3 Å². The van der Waals surface area contributed by atoms with Crippen LogP contribution in [0.3, 0.4) is 0 Å². The minimum absolute atomic E-state index is 0.0611. The lowest BCUT2D eigenvalue weighted by Gasteiger charge is -2.07. The van der Waals surface area contributed by atoms with Crippen molar-refractivity contribution in [2.45, 2.75) is 19.4 Å². The highest BCUT2D eigenvalue weighted by molar-refractivity contribution is 5.81. The Kier molecular flexibility index (Phi) is 4.85. The second-order valence-corrected chi connectivity index (χ2v) is 5.95. The molecule has 3 rings (SSSR count). The van der Waals surface area contributed by atoms with E-state index in [0.29, 0.717) is 13.0 Å². The normalized spacial score (nSPS) is 10.8. The molecular formula is C20H22N2O2. The first-order chi connectivity index (χ1) is 11.7. The summed E-state index contributed by atoms with van der Waals surface area (Å²) in [6.07, 6.45) is 3.28. The lowest BCUT2D eigenvalue weighted by molar-refractivity contribution is -0.121. The molecular weight excluding hydrogens is 300 g/mol. The van der Waals surface area contributed by atoms with Crippen LogP contribution in [-0.2, 0) is 24.8 Å². The van der Waals surface area contributed by atoms with Crippen LogP contribution in [0.4, 0.5) is 0 Å². The van der Waals surface area contributed by atoms with Crippen LogP contribution in [0.25, 0.3) is 10.9 Å². The zero-order valence-electron chi connectivity index (χ0n) is 14.1. The van der Waals surface area contributed by atoms with Gasteiger partial charge >= 0.3 is 0 Å². The molecule has 0 atom stereocenters. The van der Waals surface area contributed by atoms with Gasteiger partial charge in [-0.1, -0.05) is 18.2 Å². The second-order valence-electron chi connectivity index (χ2n) is 5.95. The van der Waals surface area contributed by atoms with Gasteiger partial charge < -0.3 is 14.6 Å². The standard InChI is InChI=1S/C20H22N2O2/c1-22-11-10-17-12-15(6-8-19(17)22)7-9-20(23)21-14-16-4-3-5-18(13-16)24-2/h3-6,8,10-13H,7,9,14H2,1-2H3,(H,21,23). The summed E-state index contributed by atoms with van der Waals surface area (Å²) in [4.78, 5) is 12.1. The van der Waals surface area contributed by atoms with Crippen molar-refractivity contribution in [3.8, 4) is 5.75 Å². The average Bonchev–Trinajstić information content (AvgIpc) is 2.99. The van der Waals surface area contributed by atoms with E-state index >= 15 is 0 Å². The van der Waals surface area contributed by atoms with Crippen molar-refractivity contribution in [1.82, 2.24) is 9.88 Å². The summed E-state index contributed by atoms with van der Waals surface area (Å²) < 4.78 is 7.29. The van der Waals surface area contributed by atoms with Crippen LogP contribution in [0.2, 0.25) is 0 Å². The summed E-state index contributed by atoms with van der Waals surface area (Å²) in [5, 5.41) is 4.18. The molecule has 0 saturated heterocycles. The number of aromatic nitrogens is 1. The summed E-state index contributed by atoms with van der Waals surface area (Å²) in [6, 6.07) is 16.2. The number of hydrogen-bond acceptors (Lipinski definition) is 2. The zero-order chi connectivity index (χ0) is 16.9. The van der Waals surface area contributed by atoms with Crippen LogP contribution in [0.15, 0.2) is 54.7 Å². The smallest absolute Gasteiger partial charge is 0.220 e. The molecule has 0 bridgehead atoms. The molecule has 0 saturated carbocycles. The highest BCUT2D eigenvalue weighted by atomic mass is 16.5. The maximum Gasteiger partial charge on any atom is 0.220 e. The number of rotatable bonds is 6. The largest absolute Gasteiger partial charge is 0.497 e. The maximum atomic E-state index is 12.1. The SMILES string of the molecule is COc1cccc(CNC(=O)CCc2ccc3c(ccn3C)c2)c1. The summed E-state index contributed by atoms with van der Waals surface area (Å²) in [7, 11) is 3.68. The van der Waals surface area contributed by atoms with Gasteiger partial charge in [0.1, 0.15) is 5.75 Å². The predicted octanol–water partition coefficient (Wildman–Crippen LogP) is 3.44. The fraction of sp³-hybridized carbons (Fsp3) is 0.250. The van der Waals surface area contributed by atoms with Crippen LogP contribution >= 0.6 is 0 Å². The van der Waals surface area contributed by atoms with E-state index in [1.807, 2.05) is 31.3 Å². The quantitative estimate of drug-likeness (QED) is 0.755. The molecule has 2 aromatic carbocycles. The molecule has 4 heteroatoms. The first-order valence-electron chi connectivity index (χ1n) is 8.09. The van der Waals surface area contributed by atoms with E-state index in [0.717, 1.165) is 17.7 Å². The molecule has 1 amide bonds. The number of benzene rings is 2. The van der Waals surface area contributed by atoms with E-state index in [1.165, 1.54) is 16.5 Å². The number of nitrogens with zero attached hydrogens (tertiary/aromatic N) is 1. The minimum Gasteiger partial charge on any atom is -0.497 e. The van der Waals surface area contributed by atoms with Gasteiger partial charge in [-0.05, 0) is 53.3 Å². The molecule has 1 N–H and O–H groups in total. The molecule has 24 heavy (non-hydrogen) atoms. The van der Waals surface area contributed by atoms with Crippen molar-refractivity contribution in [3.63, 3.8) is 0 Å². The van der Waals surface area contributed by atoms with E-state index in [1.54, 1.807) is 7.11 Å². The van der Waals surface area contributed by atoms with Gasteiger partial charge in [-0.3, -0.25) is 4.79 Å². The third kappa shape index (κ3) is 3.77. The average molecular weight is 322 g/mol. The first-order valence-corrected chi connectivity index (χ1v) is 8.09. The first kappa shape index (κ1) is 16.1. The van der Waals surface area contributed by atoms with E-state index < -0.39 is 0 Å². The third-order valence-corrected chi connectivity index (χ3v) is 4.21. The van der Waals surface area contributed by atoms with E-state index in [4.69, 9.17) is 4.74 Å². The molecule has 0 aliphatic heterocycles. The fourth-order valence-corrected chi connectivity index (χ4v) is 2.82. The fourth-order valence-electron chi connectivity index (χ4n) is 2.82. The number of ether oxygens (including phenoxy) is 1. The number of carbonyl (C=O) groups is 1. The van der Waals surface area contributed by atoms with Gasteiger partial charge in [0.15, 0.2) is 0 Å². The molecule has 0 aliphatic carbocycles. The summed E-state index contributed by atoms with van der Waals surface area (Å²) >= 11 is 0. The van der Waals surface area contributed by atoms with Crippen molar-refractivity contribution in [3.05, 3.63) is 65.9 Å². The Labute approximate surface area is 142 Å². The molecule has 0 radical (unpaired) electrons. The molecule has 0 unspecified atom stereocenters. The number of fused-ring (bicyclic) bond motifs is 1. The summed E-state index contributed by atoms with van der Waals surface area (Å²) in [5.41, 5.74) is 3.43. The summed E-state index contributed by atoms with van der Waals surface area (Å²) in [6.45, 7) is 0.522. The molecule has 1 aromatic heterocycles. The van der Waals surface area contributed by atoms with Gasteiger partial charge in [0.05, 0.1) is 7.11 Å². The van der Waals surface area contributed by atoms with E-state index in [9.17, 15) is 4.79 Å². The number of nitrogens with one attached hydrogen (secondary N) is 1. The van der Waals surface area contributed by atoms with Gasteiger partial charge in [0.2, 0.25) is 5.91 Å². The molecule has 4 nitrogen and oxygen atoms in total. The molecule has 0 fully saturated rings. The van der Waals surface area contributed by atoms with Gasteiger partial charge in [0, 0.05) is 31.7 Å². The number of carbonyl (C=O) groups excluding carboxylic acids is 1. The van der Waals surface area contributed by atoms with Crippen molar-refractivity contribution in [1.29, 1.82) is 0 Å². The topological polar surface area (TPSA) is 43.3 Å². The van der Waals surface area contributed by atoms with Crippen LogP contribution in [0.5, 0.6) is 5.75 Å². The van der Waals surface area contributed by atoms with Crippen molar-refractivity contribution in [2.75, 3.05) is 7.11 Å². The molecule has 3 aromatic rings. The Bertz CT molecular complexity index is 852. The highest BCUT2D eigenvalue weighted by Crippen LogP contribution is 2.17. The predicted molar refractivity (Wildman–Crippen MR) is 96.1 cm³/mol. The van der Waals surface area contributed by atoms with E-state index in [-0.39, 0.29) is 5.91 Å². The lowest BCUT2D eigenvalue weighted by atomic mass is 10.1. The van der Waals surface area contributed by atoms with Crippen LogP contribution in [0, 0.1) is 0 Å². The van der Waals surface area contributed by atoms with Gasteiger partial charge in [-0.2, -0.15) is 0 Å². The van der Waals surface area contributed by atoms with Gasteiger partial charge in [-0.25, -0.2) is 0 Å². The Hall–Kier alpha value is -2.75. The summed E-state index contributed by atoms with van der Waals surface area (Å²) in [5.74, 6) is 0.865. The van der Waals surface area contributed by atoms with Crippen molar-refractivity contribution in [2.24, 2.45) is 7.05 Å². The molecule has 1 heterocycles.